The quantitative estimate of drug-likeness (QED) is 0.641. The number of fused-ring (bicyclic) bond motifs is 1. The number of hydrogen-bond acceptors (Lipinski definition) is 4. The summed E-state index contributed by atoms with van der Waals surface area (Å²) in [6, 6.07) is 12.7. The first-order valence-corrected chi connectivity index (χ1v) is 7.64. The Morgan fingerprint density at radius 3 is 2.54 bits per heavy atom. The third-order valence-electron chi connectivity index (χ3n) is 3.60. The van der Waals surface area contributed by atoms with Crippen LogP contribution in [0.2, 0.25) is 0 Å². The van der Waals surface area contributed by atoms with Crippen molar-refractivity contribution >= 4 is 11.0 Å². The molecule has 0 radical (unpaired) electrons. The topological polar surface area (TPSA) is 48.7 Å². The first kappa shape index (κ1) is 16.2. The molecule has 0 spiro atoms. The van der Waals surface area contributed by atoms with E-state index < -0.39 is 0 Å². The third kappa shape index (κ3) is 3.31. The molecule has 124 valence electrons. The molecule has 4 nitrogen and oxygen atoms in total. The van der Waals surface area contributed by atoms with Crippen LogP contribution in [0.15, 0.2) is 57.7 Å². The van der Waals surface area contributed by atoms with Crippen molar-refractivity contribution in [3.63, 3.8) is 0 Å². The fraction of sp³-hybridized carbons (Fsp3) is 0.211. The Bertz CT molecular complexity index is 884. The van der Waals surface area contributed by atoms with Crippen LogP contribution in [0.25, 0.3) is 22.3 Å². The van der Waals surface area contributed by atoms with Crippen LogP contribution < -0.4 is 10.2 Å². The van der Waals surface area contributed by atoms with Crippen LogP contribution >= 0.6 is 0 Å². The van der Waals surface area contributed by atoms with E-state index in [1.807, 2.05) is 0 Å². The van der Waals surface area contributed by atoms with Crippen molar-refractivity contribution < 1.29 is 18.3 Å². The van der Waals surface area contributed by atoms with Gasteiger partial charge in [-0.3, -0.25) is 4.79 Å². The van der Waals surface area contributed by atoms with Crippen molar-refractivity contribution in [2.45, 2.75) is 6.42 Å². The summed E-state index contributed by atoms with van der Waals surface area (Å²) in [6.45, 7) is 0.857. The first-order chi connectivity index (χ1) is 11.7. The zero-order valence-corrected chi connectivity index (χ0v) is 13.3. The molecule has 0 fully saturated rings. The van der Waals surface area contributed by atoms with Gasteiger partial charge in [0.25, 0.3) is 0 Å². The maximum absolute atomic E-state index is 13.2. The second kappa shape index (κ2) is 7.27. The average molecular weight is 328 g/mol. The molecule has 0 saturated carbocycles. The minimum absolute atomic E-state index is 0.136. The van der Waals surface area contributed by atoms with Gasteiger partial charge in [0.15, 0.2) is 5.76 Å². The van der Waals surface area contributed by atoms with E-state index in [1.165, 1.54) is 12.1 Å². The van der Waals surface area contributed by atoms with Gasteiger partial charge in [0.05, 0.1) is 12.0 Å². The highest BCUT2D eigenvalue weighted by Crippen LogP contribution is 2.31. The molecule has 5 heteroatoms. The lowest BCUT2D eigenvalue weighted by atomic mass is 10.1. The van der Waals surface area contributed by atoms with E-state index in [4.69, 9.17) is 13.9 Å². The minimum atomic E-state index is -0.357. The van der Waals surface area contributed by atoms with Gasteiger partial charge in [-0.05, 0) is 36.4 Å². The van der Waals surface area contributed by atoms with Crippen LogP contribution in [0, 0.1) is 5.82 Å². The summed E-state index contributed by atoms with van der Waals surface area (Å²) in [4.78, 5) is 12.8. The largest absolute Gasteiger partial charge is 0.486 e. The SMILES string of the molecule is COCCCOc1c(-c2ccc(F)cc2)oc2ccccc2c1=O. The molecule has 24 heavy (non-hydrogen) atoms. The van der Waals surface area contributed by atoms with Crippen molar-refractivity contribution in [2.75, 3.05) is 20.3 Å². The molecule has 0 amide bonds. The maximum atomic E-state index is 13.2. The lowest BCUT2D eigenvalue weighted by Gasteiger charge is -2.11. The van der Waals surface area contributed by atoms with E-state index in [0.29, 0.717) is 41.9 Å². The maximum Gasteiger partial charge on any atom is 0.235 e. The smallest absolute Gasteiger partial charge is 0.235 e. The zero-order valence-electron chi connectivity index (χ0n) is 13.3. The molecular formula is C19H17FO4. The Hall–Kier alpha value is -2.66. The van der Waals surface area contributed by atoms with Gasteiger partial charge in [-0.2, -0.15) is 0 Å². The molecule has 0 bridgehead atoms. The summed E-state index contributed by atoms with van der Waals surface area (Å²) in [5, 5.41) is 0.449. The van der Waals surface area contributed by atoms with Gasteiger partial charge in [0.2, 0.25) is 11.2 Å². The number of benzene rings is 2. The zero-order chi connectivity index (χ0) is 16.9. The van der Waals surface area contributed by atoms with Crippen LogP contribution in [0.1, 0.15) is 6.42 Å². The fourth-order valence-electron chi connectivity index (χ4n) is 2.42. The predicted octanol–water partition coefficient (Wildman–Crippen LogP) is 4.01. The molecule has 0 N–H and O–H groups in total. The Kier molecular flexibility index (Phi) is 4.91. The first-order valence-electron chi connectivity index (χ1n) is 7.64. The molecule has 0 atom stereocenters. The lowest BCUT2D eigenvalue weighted by Crippen LogP contribution is -2.12. The van der Waals surface area contributed by atoms with E-state index in [2.05, 4.69) is 0 Å². The molecule has 0 saturated heterocycles. The average Bonchev–Trinajstić information content (AvgIpc) is 2.61. The molecule has 0 aliphatic carbocycles. The molecule has 2 aromatic carbocycles. The monoisotopic (exact) mass is 328 g/mol. The second-order valence-corrected chi connectivity index (χ2v) is 5.29. The van der Waals surface area contributed by atoms with E-state index in [9.17, 15) is 9.18 Å². The Morgan fingerprint density at radius 1 is 1.04 bits per heavy atom. The molecule has 1 heterocycles. The van der Waals surface area contributed by atoms with Crippen LogP contribution in [-0.4, -0.2) is 20.3 Å². The van der Waals surface area contributed by atoms with Crippen LogP contribution in [0.3, 0.4) is 0 Å². The number of halogens is 1. The Morgan fingerprint density at radius 2 is 1.79 bits per heavy atom. The lowest BCUT2D eigenvalue weighted by molar-refractivity contribution is 0.171. The molecule has 0 aliphatic rings. The molecule has 3 rings (SSSR count). The Balaban J connectivity index is 2.10. The van der Waals surface area contributed by atoms with Crippen LogP contribution in [0.5, 0.6) is 5.75 Å². The number of hydrogen-bond donors (Lipinski definition) is 0. The summed E-state index contributed by atoms with van der Waals surface area (Å²) in [5.74, 6) is 0.0805. The second-order valence-electron chi connectivity index (χ2n) is 5.29. The van der Waals surface area contributed by atoms with E-state index in [0.717, 1.165) is 0 Å². The van der Waals surface area contributed by atoms with Gasteiger partial charge in [-0.25, -0.2) is 4.39 Å². The van der Waals surface area contributed by atoms with Gasteiger partial charge in [-0.1, -0.05) is 12.1 Å². The summed E-state index contributed by atoms with van der Waals surface area (Å²) >= 11 is 0. The number of rotatable bonds is 6. The summed E-state index contributed by atoms with van der Waals surface area (Å²) < 4.78 is 29.7. The van der Waals surface area contributed by atoms with Crippen molar-refractivity contribution in [1.29, 1.82) is 0 Å². The molecular weight excluding hydrogens is 311 g/mol. The molecule has 1 aromatic heterocycles. The van der Waals surface area contributed by atoms with E-state index in [1.54, 1.807) is 43.5 Å². The minimum Gasteiger partial charge on any atom is -0.486 e. The standard InChI is InChI=1S/C19H17FO4/c1-22-11-4-12-23-19-17(21)15-5-2-3-6-16(15)24-18(19)13-7-9-14(20)10-8-13/h2-3,5-10H,4,11-12H2,1H3. The van der Waals surface area contributed by atoms with Gasteiger partial charge >= 0.3 is 0 Å². The van der Waals surface area contributed by atoms with Crippen molar-refractivity contribution in [3.8, 4) is 17.1 Å². The van der Waals surface area contributed by atoms with E-state index >= 15 is 0 Å². The van der Waals surface area contributed by atoms with Gasteiger partial charge in [0.1, 0.15) is 11.4 Å². The highest BCUT2D eigenvalue weighted by Gasteiger charge is 2.17. The van der Waals surface area contributed by atoms with Crippen molar-refractivity contribution in [2.24, 2.45) is 0 Å². The summed E-state index contributed by atoms with van der Waals surface area (Å²) in [7, 11) is 1.61. The normalized spacial score (nSPS) is 10.9. The van der Waals surface area contributed by atoms with Crippen LogP contribution in [-0.2, 0) is 4.74 Å². The number of para-hydroxylation sites is 1. The highest BCUT2D eigenvalue weighted by atomic mass is 19.1. The highest BCUT2D eigenvalue weighted by molar-refractivity contribution is 5.81. The summed E-state index contributed by atoms with van der Waals surface area (Å²) in [5.41, 5.74) is 0.806. The summed E-state index contributed by atoms with van der Waals surface area (Å²) in [6.07, 6.45) is 0.644. The van der Waals surface area contributed by atoms with Gasteiger partial charge in [-0.15, -0.1) is 0 Å². The van der Waals surface area contributed by atoms with Gasteiger partial charge < -0.3 is 13.9 Å². The van der Waals surface area contributed by atoms with Crippen LogP contribution in [0.4, 0.5) is 4.39 Å². The molecule has 3 aromatic rings. The van der Waals surface area contributed by atoms with Crippen molar-refractivity contribution in [3.05, 3.63) is 64.6 Å². The number of ether oxygens (including phenoxy) is 2. The van der Waals surface area contributed by atoms with E-state index in [-0.39, 0.29) is 17.0 Å². The molecule has 0 aliphatic heterocycles. The predicted molar refractivity (Wildman–Crippen MR) is 89.9 cm³/mol. The fourth-order valence-corrected chi connectivity index (χ4v) is 2.42. The number of methoxy groups -OCH3 is 1. The third-order valence-corrected chi connectivity index (χ3v) is 3.60. The van der Waals surface area contributed by atoms with Crippen molar-refractivity contribution in [1.82, 2.24) is 0 Å². The Labute approximate surface area is 138 Å². The molecule has 0 unspecified atom stereocenters. The van der Waals surface area contributed by atoms with Gasteiger partial charge in [0, 0.05) is 25.7 Å².